The van der Waals surface area contributed by atoms with Crippen LogP contribution in [0.4, 0.5) is 5.82 Å². The van der Waals surface area contributed by atoms with Crippen LogP contribution in [-0.2, 0) is 10.3 Å². The Bertz CT molecular complexity index is 484. The van der Waals surface area contributed by atoms with Crippen molar-refractivity contribution in [3.8, 4) is 0 Å². The van der Waals surface area contributed by atoms with Gasteiger partial charge in [-0.05, 0) is 34.1 Å². The first-order valence-corrected chi connectivity index (χ1v) is 6.82. The van der Waals surface area contributed by atoms with E-state index in [0.717, 1.165) is 19.6 Å². The molecule has 1 aliphatic rings. The third-order valence-corrected chi connectivity index (χ3v) is 3.60. The maximum Gasteiger partial charge on any atom is 0.293 e. The summed E-state index contributed by atoms with van der Waals surface area (Å²) >= 11 is 0. The lowest BCUT2D eigenvalue weighted by atomic mass is 10.0. The minimum Gasteiger partial charge on any atom is -0.381 e. The van der Waals surface area contributed by atoms with Crippen LogP contribution < -0.4 is 10.9 Å². The van der Waals surface area contributed by atoms with E-state index in [2.05, 4.69) is 17.2 Å². The van der Waals surface area contributed by atoms with Gasteiger partial charge in [-0.25, -0.2) is 4.98 Å². The molecule has 0 radical (unpaired) electrons. The second-order valence-electron chi connectivity index (χ2n) is 6.18. The Balaban J connectivity index is 2.19. The number of nitrogens with one attached hydrogen (secondary N) is 1. The number of anilines is 1. The summed E-state index contributed by atoms with van der Waals surface area (Å²) < 4.78 is 7.09. The van der Waals surface area contributed by atoms with Gasteiger partial charge < -0.3 is 14.6 Å². The van der Waals surface area contributed by atoms with Crippen LogP contribution in [0.3, 0.4) is 0 Å². The van der Waals surface area contributed by atoms with Crippen molar-refractivity contribution in [3.05, 3.63) is 22.7 Å². The van der Waals surface area contributed by atoms with Gasteiger partial charge in [-0.1, -0.05) is 0 Å². The highest BCUT2D eigenvalue weighted by Gasteiger charge is 2.24. The number of hydrogen-bond donors (Lipinski definition) is 1. The molecule has 0 saturated carbocycles. The second-order valence-corrected chi connectivity index (χ2v) is 6.18. The Morgan fingerprint density at radius 1 is 1.53 bits per heavy atom. The van der Waals surface area contributed by atoms with E-state index < -0.39 is 0 Å². The quantitative estimate of drug-likeness (QED) is 0.906. The van der Waals surface area contributed by atoms with Crippen molar-refractivity contribution in [1.82, 2.24) is 9.55 Å². The first kappa shape index (κ1) is 14.1. The summed E-state index contributed by atoms with van der Waals surface area (Å²) in [6.45, 7) is 9.67. The lowest BCUT2D eigenvalue weighted by Gasteiger charge is -2.24. The van der Waals surface area contributed by atoms with E-state index in [1.165, 1.54) is 0 Å². The van der Waals surface area contributed by atoms with Crippen LogP contribution in [-0.4, -0.2) is 28.8 Å². The normalized spacial score (nSPS) is 21.4. The van der Waals surface area contributed by atoms with Gasteiger partial charge in [0.1, 0.15) is 0 Å². The second kappa shape index (κ2) is 5.33. The number of aromatic nitrogens is 2. The molecule has 0 amide bonds. The van der Waals surface area contributed by atoms with Crippen molar-refractivity contribution in [3.63, 3.8) is 0 Å². The van der Waals surface area contributed by atoms with Crippen molar-refractivity contribution in [2.75, 3.05) is 18.5 Å². The van der Waals surface area contributed by atoms with Crippen LogP contribution in [0, 0.1) is 5.92 Å². The molecule has 1 aliphatic heterocycles. The molecule has 2 rings (SSSR count). The standard InChI is InChI=1S/C14H23N3O2/c1-10(11-5-8-19-9-11)16-12-13(18)17(7-6-15-12)14(2,3)4/h6-7,10-11H,5,8-9H2,1-4H3,(H,15,16). The Morgan fingerprint density at radius 2 is 2.26 bits per heavy atom. The molecule has 19 heavy (non-hydrogen) atoms. The van der Waals surface area contributed by atoms with Crippen LogP contribution >= 0.6 is 0 Å². The fourth-order valence-corrected chi connectivity index (χ4v) is 2.32. The van der Waals surface area contributed by atoms with Gasteiger partial charge in [-0.15, -0.1) is 0 Å². The Labute approximate surface area is 114 Å². The molecule has 1 N–H and O–H groups in total. The van der Waals surface area contributed by atoms with Gasteiger partial charge in [0.25, 0.3) is 5.56 Å². The third-order valence-electron chi connectivity index (χ3n) is 3.60. The first-order valence-electron chi connectivity index (χ1n) is 6.82. The molecule has 5 nitrogen and oxygen atoms in total. The maximum absolute atomic E-state index is 12.4. The Morgan fingerprint density at radius 3 is 2.84 bits per heavy atom. The van der Waals surface area contributed by atoms with Crippen molar-refractivity contribution >= 4 is 5.82 Å². The lowest BCUT2D eigenvalue weighted by Crippen LogP contribution is -2.37. The fraction of sp³-hybridized carbons (Fsp3) is 0.714. The summed E-state index contributed by atoms with van der Waals surface area (Å²) in [7, 11) is 0. The zero-order valence-corrected chi connectivity index (χ0v) is 12.1. The van der Waals surface area contributed by atoms with E-state index >= 15 is 0 Å². The predicted octanol–water partition coefficient (Wildman–Crippen LogP) is 1.84. The van der Waals surface area contributed by atoms with Gasteiger partial charge >= 0.3 is 0 Å². The van der Waals surface area contributed by atoms with Crippen LogP contribution in [0.2, 0.25) is 0 Å². The highest BCUT2D eigenvalue weighted by molar-refractivity contribution is 5.32. The monoisotopic (exact) mass is 265 g/mol. The highest BCUT2D eigenvalue weighted by Crippen LogP contribution is 2.18. The molecular weight excluding hydrogens is 242 g/mol. The van der Waals surface area contributed by atoms with Gasteiger partial charge in [0.2, 0.25) is 0 Å². The minimum atomic E-state index is -0.240. The van der Waals surface area contributed by atoms with Crippen molar-refractivity contribution in [2.24, 2.45) is 5.92 Å². The smallest absolute Gasteiger partial charge is 0.293 e. The minimum absolute atomic E-state index is 0.0687. The number of hydrogen-bond acceptors (Lipinski definition) is 4. The average Bonchev–Trinajstić information content (AvgIpc) is 2.83. The number of rotatable bonds is 3. The molecule has 1 fully saturated rings. The van der Waals surface area contributed by atoms with E-state index in [0.29, 0.717) is 11.7 Å². The van der Waals surface area contributed by atoms with Gasteiger partial charge in [0.05, 0.1) is 6.61 Å². The molecule has 106 valence electrons. The summed E-state index contributed by atoms with van der Waals surface area (Å²) in [6, 6.07) is 0.193. The molecule has 0 spiro atoms. The Hall–Kier alpha value is -1.36. The summed E-state index contributed by atoms with van der Waals surface area (Å²) in [4.78, 5) is 16.6. The fourth-order valence-electron chi connectivity index (χ4n) is 2.32. The zero-order valence-electron chi connectivity index (χ0n) is 12.1. The molecule has 1 saturated heterocycles. The summed E-state index contributed by atoms with van der Waals surface area (Å²) in [5.41, 5.74) is -0.309. The largest absolute Gasteiger partial charge is 0.381 e. The molecule has 0 aromatic carbocycles. The van der Waals surface area contributed by atoms with E-state index in [4.69, 9.17) is 4.74 Å². The molecule has 2 heterocycles. The maximum atomic E-state index is 12.4. The van der Waals surface area contributed by atoms with E-state index in [1.807, 2.05) is 20.8 Å². The molecule has 1 aromatic heterocycles. The molecule has 0 aliphatic carbocycles. The van der Waals surface area contributed by atoms with Crippen LogP contribution in [0.5, 0.6) is 0 Å². The number of ether oxygens (including phenoxy) is 1. The third kappa shape index (κ3) is 3.15. The lowest BCUT2D eigenvalue weighted by molar-refractivity contribution is 0.183. The average molecular weight is 265 g/mol. The van der Waals surface area contributed by atoms with Crippen LogP contribution in [0.15, 0.2) is 17.2 Å². The van der Waals surface area contributed by atoms with E-state index in [-0.39, 0.29) is 17.1 Å². The molecule has 2 unspecified atom stereocenters. The van der Waals surface area contributed by atoms with Crippen LogP contribution in [0.25, 0.3) is 0 Å². The summed E-state index contributed by atoms with van der Waals surface area (Å²) in [5.74, 6) is 0.876. The van der Waals surface area contributed by atoms with Crippen molar-refractivity contribution in [1.29, 1.82) is 0 Å². The van der Waals surface area contributed by atoms with Crippen LogP contribution in [0.1, 0.15) is 34.1 Å². The van der Waals surface area contributed by atoms with E-state index in [9.17, 15) is 4.79 Å². The number of nitrogens with zero attached hydrogens (tertiary/aromatic N) is 2. The molecular formula is C14H23N3O2. The van der Waals surface area contributed by atoms with Gasteiger partial charge in [0, 0.05) is 36.5 Å². The highest BCUT2D eigenvalue weighted by atomic mass is 16.5. The molecule has 1 aromatic rings. The Kier molecular flexibility index (Phi) is 3.94. The first-order chi connectivity index (χ1) is 8.89. The molecule has 2 atom stereocenters. The van der Waals surface area contributed by atoms with E-state index in [1.54, 1.807) is 17.0 Å². The topological polar surface area (TPSA) is 56.2 Å². The van der Waals surface area contributed by atoms with Gasteiger partial charge in [0.15, 0.2) is 5.82 Å². The molecule has 0 bridgehead atoms. The van der Waals surface area contributed by atoms with Crippen molar-refractivity contribution < 1.29 is 4.74 Å². The van der Waals surface area contributed by atoms with Gasteiger partial charge in [-0.3, -0.25) is 4.79 Å². The molecule has 5 heteroatoms. The van der Waals surface area contributed by atoms with Gasteiger partial charge in [-0.2, -0.15) is 0 Å². The predicted molar refractivity (Wildman–Crippen MR) is 75.5 cm³/mol. The summed E-state index contributed by atoms with van der Waals surface area (Å²) in [6.07, 6.45) is 4.44. The summed E-state index contributed by atoms with van der Waals surface area (Å²) in [5, 5.41) is 3.24. The SMILES string of the molecule is CC(Nc1nccn(C(C)(C)C)c1=O)C1CCOC1. The zero-order chi connectivity index (χ0) is 14.0. The van der Waals surface area contributed by atoms with Crippen molar-refractivity contribution in [2.45, 2.75) is 45.7 Å².